The van der Waals surface area contributed by atoms with E-state index in [0.29, 0.717) is 6.04 Å². The lowest BCUT2D eigenvalue weighted by atomic mass is 9.78. The molecular formula is C9H19N. The van der Waals surface area contributed by atoms with Crippen molar-refractivity contribution < 1.29 is 0 Å². The summed E-state index contributed by atoms with van der Waals surface area (Å²) in [7, 11) is 0. The van der Waals surface area contributed by atoms with E-state index in [1.165, 1.54) is 25.7 Å². The first-order chi connectivity index (χ1) is 4.74. The lowest BCUT2D eigenvalue weighted by Crippen LogP contribution is -2.35. The van der Waals surface area contributed by atoms with Crippen molar-refractivity contribution in [2.75, 3.05) is 0 Å². The minimum atomic E-state index is 0.494. The second-order valence-corrected chi connectivity index (χ2v) is 3.75. The van der Waals surface area contributed by atoms with Crippen molar-refractivity contribution >= 4 is 0 Å². The second-order valence-electron chi connectivity index (χ2n) is 3.75. The van der Waals surface area contributed by atoms with Gasteiger partial charge in [-0.2, -0.15) is 0 Å². The normalized spacial score (nSPS) is 41.7. The highest BCUT2D eigenvalue weighted by atomic mass is 14.7. The molecule has 0 spiro atoms. The van der Waals surface area contributed by atoms with Gasteiger partial charge in [0.2, 0.25) is 0 Å². The zero-order chi connectivity index (χ0) is 7.56. The van der Waals surface area contributed by atoms with Gasteiger partial charge in [0.1, 0.15) is 0 Å². The summed E-state index contributed by atoms with van der Waals surface area (Å²) in [5, 5.41) is 0. The number of rotatable bonds is 1. The molecule has 0 aromatic carbocycles. The third-order valence-corrected chi connectivity index (χ3v) is 2.83. The summed E-state index contributed by atoms with van der Waals surface area (Å²) in [6.45, 7) is 4.56. The molecule has 1 fully saturated rings. The van der Waals surface area contributed by atoms with E-state index in [2.05, 4.69) is 13.8 Å². The fourth-order valence-electron chi connectivity index (χ4n) is 1.99. The third-order valence-electron chi connectivity index (χ3n) is 2.83. The van der Waals surface area contributed by atoms with Crippen LogP contribution in [-0.2, 0) is 0 Å². The van der Waals surface area contributed by atoms with E-state index in [1.54, 1.807) is 0 Å². The first-order valence-electron chi connectivity index (χ1n) is 4.49. The van der Waals surface area contributed by atoms with Crippen LogP contribution in [-0.4, -0.2) is 6.04 Å². The van der Waals surface area contributed by atoms with E-state index < -0.39 is 0 Å². The van der Waals surface area contributed by atoms with E-state index in [0.717, 1.165) is 11.8 Å². The highest BCUT2D eigenvalue weighted by Crippen LogP contribution is 2.29. The molecule has 2 unspecified atom stereocenters. The maximum absolute atomic E-state index is 5.98. The molecule has 10 heavy (non-hydrogen) atoms. The first kappa shape index (κ1) is 8.06. The van der Waals surface area contributed by atoms with Gasteiger partial charge in [0.25, 0.3) is 0 Å². The molecule has 0 bridgehead atoms. The zero-order valence-electron chi connectivity index (χ0n) is 7.14. The van der Waals surface area contributed by atoms with Crippen LogP contribution in [0.25, 0.3) is 0 Å². The highest BCUT2D eigenvalue weighted by molar-refractivity contribution is 4.79. The molecule has 1 heteroatoms. The Labute approximate surface area is 64.0 Å². The smallest absolute Gasteiger partial charge is 0.00695 e. The van der Waals surface area contributed by atoms with Crippen molar-refractivity contribution in [3.63, 3.8) is 0 Å². The molecule has 0 radical (unpaired) electrons. The Morgan fingerprint density at radius 2 is 2.10 bits per heavy atom. The summed E-state index contributed by atoms with van der Waals surface area (Å²) in [5.74, 6) is 1.69. The summed E-state index contributed by atoms with van der Waals surface area (Å²) in [6.07, 6.45) is 5.28. The lowest BCUT2D eigenvalue weighted by molar-refractivity contribution is 0.244. The van der Waals surface area contributed by atoms with Crippen LogP contribution in [0.1, 0.15) is 39.5 Å². The van der Waals surface area contributed by atoms with Gasteiger partial charge in [-0.05, 0) is 24.7 Å². The van der Waals surface area contributed by atoms with Gasteiger partial charge in [0.05, 0.1) is 0 Å². The van der Waals surface area contributed by atoms with Crippen molar-refractivity contribution in [2.24, 2.45) is 17.6 Å². The summed E-state index contributed by atoms with van der Waals surface area (Å²) in [5.41, 5.74) is 5.98. The Kier molecular flexibility index (Phi) is 2.72. The van der Waals surface area contributed by atoms with Crippen LogP contribution < -0.4 is 5.73 Å². The molecule has 1 nitrogen and oxygen atoms in total. The molecule has 1 rings (SSSR count). The Bertz CT molecular complexity index is 101. The molecule has 1 aliphatic rings. The Morgan fingerprint density at radius 1 is 1.40 bits per heavy atom. The van der Waals surface area contributed by atoms with Gasteiger partial charge in [-0.15, -0.1) is 0 Å². The fourth-order valence-corrected chi connectivity index (χ4v) is 1.99. The molecule has 1 aliphatic carbocycles. The molecule has 3 atom stereocenters. The summed E-state index contributed by atoms with van der Waals surface area (Å²) in [6, 6.07) is 0.494. The monoisotopic (exact) mass is 141 g/mol. The van der Waals surface area contributed by atoms with Gasteiger partial charge < -0.3 is 5.73 Å². The maximum atomic E-state index is 5.98. The molecule has 0 aromatic rings. The van der Waals surface area contributed by atoms with Crippen LogP contribution in [0, 0.1) is 11.8 Å². The predicted molar refractivity (Wildman–Crippen MR) is 44.8 cm³/mol. The summed E-state index contributed by atoms with van der Waals surface area (Å²) in [4.78, 5) is 0. The maximum Gasteiger partial charge on any atom is 0.00695 e. The summed E-state index contributed by atoms with van der Waals surface area (Å²) < 4.78 is 0. The van der Waals surface area contributed by atoms with Gasteiger partial charge in [-0.25, -0.2) is 0 Å². The highest BCUT2D eigenvalue weighted by Gasteiger charge is 2.23. The molecule has 0 aromatic heterocycles. The number of nitrogens with two attached hydrogens (primary N) is 1. The Hall–Kier alpha value is -0.0400. The molecule has 60 valence electrons. The van der Waals surface area contributed by atoms with E-state index in [9.17, 15) is 0 Å². The van der Waals surface area contributed by atoms with Crippen LogP contribution in [0.5, 0.6) is 0 Å². The number of hydrogen-bond donors (Lipinski definition) is 1. The lowest BCUT2D eigenvalue weighted by Gasteiger charge is -2.31. The fraction of sp³-hybridized carbons (Fsp3) is 1.00. The molecule has 2 N–H and O–H groups in total. The third kappa shape index (κ3) is 1.72. The van der Waals surface area contributed by atoms with Gasteiger partial charge in [0.15, 0.2) is 0 Å². The van der Waals surface area contributed by atoms with Gasteiger partial charge in [-0.3, -0.25) is 0 Å². The van der Waals surface area contributed by atoms with Crippen LogP contribution in [0.3, 0.4) is 0 Å². The Balaban J connectivity index is 2.36. The molecular weight excluding hydrogens is 122 g/mol. The topological polar surface area (TPSA) is 26.0 Å². The predicted octanol–water partition coefficient (Wildman–Crippen LogP) is 2.16. The average Bonchev–Trinajstić information content (AvgIpc) is 1.88. The largest absolute Gasteiger partial charge is 0.327 e. The zero-order valence-corrected chi connectivity index (χ0v) is 7.14. The van der Waals surface area contributed by atoms with Crippen LogP contribution >= 0.6 is 0 Å². The minimum absolute atomic E-state index is 0.494. The quantitative estimate of drug-likeness (QED) is 0.595. The molecule has 0 saturated heterocycles. The van der Waals surface area contributed by atoms with E-state index in [1.807, 2.05) is 0 Å². The van der Waals surface area contributed by atoms with Crippen molar-refractivity contribution in [2.45, 2.75) is 45.6 Å². The summed E-state index contributed by atoms with van der Waals surface area (Å²) >= 11 is 0. The van der Waals surface area contributed by atoms with Crippen molar-refractivity contribution in [1.29, 1.82) is 0 Å². The number of hydrogen-bond acceptors (Lipinski definition) is 1. The van der Waals surface area contributed by atoms with E-state index in [4.69, 9.17) is 5.73 Å². The SMILES string of the molecule is CCC1CCC(C)C[C@@H]1N. The standard InChI is InChI=1S/C9H19N/c1-3-8-5-4-7(2)6-9(8)10/h7-9H,3-6,10H2,1-2H3/t7?,8?,9-/m0/s1. The molecule has 0 amide bonds. The van der Waals surface area contributed by atoms with Crippen LogP contribution in [0.2, 0.25) is 0 Å². The molecule has 1 saturated carbocycles. The van der Waals surface area contributed by atoms with Crippen LogP contribution in [0.15, 0.2) is 0 Å². The van der Waals surface area contributed by atoms with E-state index >= 15 is 0 Å². The second kappa shape index (κ2) is 3.38. The average molecular weight is 141 g/mol. The van der Waals surface area contributed by atoms with Crippen molar-refractivity contribution in [1.82, 2.24) is 0 Å². The van der Waals surface area contributed by atoms with Crippen molar-refractivity contribution in [3.05, 3.63) is 0 Å². The van der Waals surface area contributed by atoms with Crippen LogP contribution in [0.4, 0.5) is 0 Å². The van der Waals surface area contributed by atoms with Gasteiger partial charge in [0, 0.05) is 6.04 Å². The minimum Gasteiger partial charge on any atom is -0.327 e. The first-order valence-corrected chi connectivity index (χ1v) is 4.49. The molecule has 0 heterocycles. The van der Waals surface area contributed by atoms with Crippen molar-refractivity contribution in [3.8, 4) is 0 Å². The molecule has 0 aliphatic heterocycles. The van der Waals surface area contributed by atoms with Gasteiger partial charge in [-0.1, -0.05) is 26.7 Å². The Morgan fingerprint density at radius 3 is 2.60 bits per heavy atom. The van der Waals surface area contributed by atoms with E-state index in [-0.39, 0.29) is 0 Å². The van der Waals surface area contributed by atoms with Gasteiger partial charge >= 0.3 is 0 Å².